The van der Waals surface area contributed by atoms with Gasteiger partial charge in [0.15, 0.2) is 0 Å². The molecule has 1 atom stereocenters. The van der Waals surface area contributed by atoms with Gasteiger partial charge in [0.05, 0.1) is 5.76 Å². The van der Waals surface area contributed by atoms with Gasteiger partial charge in [-0.05, 0) is 31.6 Å². The van der Waals surface area contributed by atoms with Crippen molar-refractivity contribution >= 4 is 30.9 Å². The lowest BCUT2D eigenvalue weighted by atomic mass is 10.0. The van der Waals surface area contributed by atoms with Crippen LogP contribution in [0.4, 0.5) is 0 Å². The summed E-state index contributed by atoms with van der Waals surface area (Å²) < 4.78 is 7.14. The molecule has 0 aliphatic rings. The van der Waals surface area contributed by atoms with Gasteiger partial charge in [-0.15, -0.1) is 0 Å². The molecule has 0 aliphatic carbocycles. The van der Waals surface area contributed by atoms with Crippen LogP contribution in [0.5, 0.6) is 0 Å². The summed E-state index contributed by atoms with van der Waals surface area (Å²) in [6.07, 6.45) is 5.92. The molecule has 0 heterocycles. The lowest BCUT2D eigenvalue weighted by molar-refractivity contribution is 0.359. The molecule has 0 rings (SSSR count). The summed E-state index contributed by atoms with van der Waals surface area (Å²) in [4.78, 5) is 0. The highest BCUT2D eigenvalue weighted by Gasteiger charge is 2.18. The number of hydrogen-bond acceptors (Lipinski definition) is 1. The Kier molecular flexibility index (Phi) is 7.96. The minimum Gasteiger partial charge on any atom is -0.548 e. The van der Waals surface area contributed by atoms with Crippen LogP contribution in [0.1, 0.15) is 33.1 Å². The Bertz CT molecular complexity index is 196. The molecule has 0 aliphatic heterocycles. The van der Waals surface area contributed by atoms with E-state index >= 15 is 0 Å². The number of allylic oxidation sites excluding steroid dienone is 2. The Balaban J connectivity index is 4.23. The summed E-state index contributed by atoms with van der Waals surface area (Å²) in [5.74, 6) is 1.98. The Labute approximate surface area is 110 Å². The van der Waals surface area contributed by atoms with Gasteiger partial charge in [-0.2, -0.15) is 0 Å². The molecule has 0 saturated carbocycles. The first-order chi connectivity index (χ1) is 6.89. The van der Waals surface area contributed by atoms with E-state index in [1.165, 1.54) is 18.6 Å². The second-order valence-electron chi connectivity index (χ2n) is 5.14. The van der Waals surface area contributed by atoms with Crippen LogP contribution in [-0.4, -0.2) is 12.7 Å². The second kappa shape index (κ2) is 7.71. The second-order valence-corrected chi connectivity index (χ2v) is 10.4. The van der Waals surface area contributed by atoms with Gasteiger partial charge in [0.2, 0.25) is 8.32 Å². The molecule has 0 aromatic rings. The van der Waals surface area contributed by atoms with Crippen molar-refractivity contribution in [1.82, 2.24) is 0 Å². The zero-order chi connectivity index (χ0) is 11.9. The molecule has 0 amide bonds. The fourth-order valence-corrected chi connectivity index (χ4v) is 3.03. The number of rotatable bonds is 7. The summed E-state index contributed by atoms with van der Waals surface area (Å²) in [5.41, 5.74) is 0. The standard InChI is InChI=1S/C12H25IOSi/c1-6-7-11(2)10-12(8-9-13)14-15(3,4)5/h8,11H,6-7,9-10H2,1-5H3. The monoisotopic (exact) mass is 340 g/mol. The Morgan fingerprint density at radius 3 is 2.40 bits per heavy atom. The van der Waals surface area contributed by atoms with Gasteiger partial charge in [-0.1, -0.05) is 49.3 Å². The van der Waals surface area contributed by atoms with E-state index in [1.807, 2.05) is 0 Å². The molecule has 90 valence electrons. The fourth-order valence-electron chi connectivity index (χ4n) is 1.58. The third-order valence-corrected chi connectivity index (χ3v) is 3.39. The molecular weight excluding hydrogens is 315 g/mol. The maximum atomic E-state index is 6.09. The third-order valence-electron chi connectivity index (χ3n) is 2.07. The van der Waals surface area contributed by atoms with Crippen LogP contribution in [-0.2, 0) is 4.43 Å². The van der Waals surface area contributed by atoms with Crippen molar-refractivity contribution in [2.24, 2.45) is 5.92 Å². The molecule has 0 radical (unpaired) electrons. The maximum Gasteiger partial charge on any atom is 0.241 e. The van der Waals surface area contributed by atoms with Crippen molar-refractivity contribution in [2.45, 2.75) is 52.8 Å². The van der Waals surface area contributed by atoms with Crippen molar-refractivity contribution in [3.8, 4) is 0 Å². The molecule has 15 heavy (non-hydrogen) atoms. The first-order valence-corrected chi connectivity index (χ1v) is 10.8. The minimum atomic E-state index is -1.42. The third kappa shape index (κ3) is 9.42. The first kappa shape index (κ1) is 15.5. The lowest BCUT2D eigenvalue weighted by Crippen LogP contribution is -2.25. The highest BCUT2D eigenvalue weighted by molar-refractivity contribution is 14.1. The van der Waals surface area contributed by atoms with Crippen molar-refractivity contribution in [3.63, 3.8) is 0 Å². The van der Waals surface area contributed by atoms with E-state index in [1.54, 1.807) is 0 Å². The highest BCUT2D eigenvalue weighted by atomic mass is 127. The molecule has 0 N–H and O–H groups in total. The summed E-state index contributed by atoms with van der Waals surface area (Å²) in [6.45, 7) is 11.3. The predicted molar refractivity (Wildman–Crippen MR) is 80.1 cm³/mol. The molecule has 0 fully saturated rings. The Morgan fingerprint density at radius 1 is 1.40 bits per heavy atom. The van der Waals surface area contributed by atoms with Crippen molar-refractivity contribution in [1.29, 1.82) is 0 Å². The van der Waals surface area contributed by atoms with Crippen molar-refractivity contribution in [2.75, 3.05) is 4.43 Å². The van der Waals surface area contributed by atoms with E-state index in [2.05, 4.69) is 62.2 Å². The van der Waals surface area contributed by atoms with Crippen molar-refractivity contribution in [3.05, 3.63) is 11.8 Å². The Hall–Kier alpha value is 0.487. The summed E-state index contributed by atoms with van der Waals surface area (Å²) in [6, 6.07) is 0. The van der Waals surface area contributed by atoms with Gasteiger partial charge >= 0.3 is 0 Å². The van der Waals surface area contributed by atoms with Crippen molar-refractivity contribution < 1.29 is 4.43 Å². The average molecular weight is 340 g/mol. The smallest absolute Gasteiger partial charge is 0.241 e. The van der Waals surface area contributed by atoms with Crippen LogP contribution in [0.3, 0.4) is 0 Å². The van der Waals surface area contributed by atoms with Gasteiger partial charge in [-0.3, -0.25) is 0 Å². The zero-order valence-electron chi connectivity index (χ0n) is 10.8. The van der Waals surface area contributed by atoms with Gasteiger partial charge in [-0.25, -0.2) is 0 Å². The Morgan fingerprint density at radius 2 is 2.00 bits per heavy atom. The summed E-state index contributed by atoms with van der Waals surface area (Å²) in [7, 11) is -1.42. The molecule has 1 unspecified atom stereocenters. The van der Waals surface area contributed by atoms with Crippen LogP contribution in [0.15, 0.2) is 11.8 Å². The average Bonchev–Trinajstić information content (AvgIpc) is 2.01. The molecular formula is C12H25IOSi. The van der Waals surface area contributed by atoms with E-state index in [0.717, 1.165) is 16.8 Å². The number of alkyl halides is 1. The molecule has 0 saturated heterocycles. The molecule has 0 spiro atoms. The predicted octanol–water partition coefficient (Wildman–Crippen LogP) is 4.98. The van der Waals surface area contributed by atoms with Crippen LogP contribution in [0, 0.1) is 5.92 Å². The molecule has 0 bridgehead atoms. The highest BCUT2D eigenvalue weighted by Crippen LogP contribution is 2.21. The van der Waals surface area contributed by atoms with Gasteiger partial charge in [0, 0.05) is 10.8 Å². The SMILES string of the molecule is CCCC(C)CC(=CCI)O[Si](C)(C)C. The van der Waals surface area contributed by atoms with E-state index in [-0.39, 0.29) is 0 Å². The van der Waals surface area contributed by atoms with Crippen LogP contribution in [0.25, 0.3) is 0 Å². The first-order valence-electron chi connectivity index (χ1n) is 5.83. The fraction of sp³-hybridized carbons (Fsp3) is 0.833. The van der Waals surface area contributed by atoms with Crippen LogP contribution in [0.2, 0.25) is 19.6 Å². The van der Waals surface area contributed by atoms with Crippen LogP contribution < -0.4 is 0 Å². The van der Waals surface area contributed by atoms with Gasteiger partial charge in [0.25, 0.3) is 0 Å². The van der Waals surface area contributed by atoms with Gasteiger partial charge in [0.1, 0.15) is 0 Å². The lowest BCUT2D eigenvalue weighted by Gasteiger charge is -2.23. The van der Waals surface area contributed by atoms with E-state index < -0.39 is 8.32 Å². The molecule has 0 aromatic heterocycles. The largest absolute Gasteiger partial charge is 0.548 e. The number of halogens is 1. The number of hydrogen-bond donors (Lipinski definition) is 0. The minimum absolute atomic E-state index is 0.751. The topological polar surface area (TPSA) is 9.23 Å². The molecule has 1 nitrogen and oxygen atoms in total. The summed E-state index contributed by atoms with van der Waals surface area (Å²) in [5, 5.41) is 0. The van der Waals surface area contributed by atoms with E-state index in [9.17, 15) is 0 Å². The summed E-state index contributed by atoms with van der Waals surface area (Å²) >= 11 is 2.38. The normalized spacial score (nSPS) is 15.2. The quantitative estimate of drug-likeness (QED) is 0.275. The maximum absolute atomic E-state index is 6.09. The van der Waals surface area contributed by atoms with E-state index in [0.29, 0.717) is 0 Å². The van der Waals surface area contributed by atoms with Crippen LogP contribution >= 0.6 is 22.6 Å². The van der Waals surface area contributed by atoms with E-state index in [4.69, 9.17) is 4.43 Å². The van der Waals surface area contributed by atoms with Gasteiger partial charge < -0.3 is 4.43 Å². The molecule has 3 heteroatoms. The molecule has 0 aromatic carbocycles. The zero-order valence-corrected chi connectivity index (χ0v) is 13.9.